The molecule has 1 aromatic rings. The largest absolute Gasteiger partial charge is 0.350 e. The molecule has 1 atom stereocenters. The lowest BCUT2D eigenvalue weighted by Gasteiger charge is -2.24. The van der Waals surface area contributed by atoms with Crippen LogP contribution in [0.2, 0.25) is 0 Å². The third-order valence-electron chi connectivity index (χ3n) is 3.69. The fourth-order valence-electron chi connectivity index (χ4n) is 2.55. The van der Waals surface area contributed by atoms with E-state index in [1.165, 1.54) is 38.6 Å². The molecule has 3 rings (SSSR count). The molecule has 2 heteroatoms. The van der Waals surface area contributed by atoms with Crippen molar-refractivity contribution in [2.45, 2.75) is 38.1 Å². The number of piperidine rings is 1. The maximum atomic E-state index is 3.47. The van der Waals surface area contributed by atoms with Gasteiger partial charge >= 0.3 is 0 Å². The molecule has 1 N–H and O–H groups in total. The highest BCUT2D eigenvalue weighted by molar-refractivity contribution is 5.13. The molecule has 2 heterocycles. The highest BCUT2D eigenvalue weighted by Gasteiger charge is 2.22. The lowest BCUT2D eigenvalue weighted by Crippen LogP contribution is -2.31. The normalized spacial score (nSPS) is 26.8. The summed E-state index contributed by atoms with van der Waals surface area (Å²) in [5, 5.41) is 3.47. The van der Waals surface area contributed by atoms with E-state index < -0.39 is 0 Å². The summed E-state index contributed by atoms with van der Waals surface area (Å²) in [6.45, 7) is 2.35. The summed E-state index contributed by atoms with van der Waals surface area (Å²) in [7, 11) is 0. The van der Waals surface area contributed by atoms with Crippen LogP contribution in [0.15, 0.2) is 18.5 Å². The molecule has 0 aromatic carbocycles. The molecule has 1 aromatic heterocycles. The van der Waals surface area contributed by atoms with Crippen molar-refractivity contribution in [3.05, 3.63) is 24.0 Å². The molecule has 1 aliphatic heterocycles. The molecule has 2 nitrogen and oxygen atoms in total. The van der Waals surface area contributed by atoms with Gasteiger partial charge in [0.25, 0.3) is 0 Å². The van der Waals surface area contributed by atoms with E-state index in [-0.39, 0.29) is 0 Å². The maximum Gasteiger partial charge on any atom is 0.0455 e. The average molecular weight is 204 g/mol. The third-order valence-corrected chi connectivity index (χ3v) is 3.69. The van der Waals surface area contributed by atoms with Gasteiger partial charge in [0.15, 0.2) is 0 Å². The van der Waals surface area contributed by atoms with Gasteiger partial charge in [0, 0.05) is 25.0 Å². The Balaban J connectivity index is 1.65. The first kappa shape index (κ1) is 9.46. The number of aromatic nitrogens is 1. The lowest BCUT2D eigenvalue weighted by molar-refractivity contribution is 0.372. The van der Waals surface area contributed by atoms with E-state index in [4.69, 9.17) is 0 Å². The van der Waals surface area contributed by atoms with Gasteiger partial charge in [0.05, 0.1) is 0 Å². The molecule has 0 unspecified atom stereocenters. The summed E-state index contributed by atoms with van der Waals surface area (Å²) in [5.41, 5.74) is 1.54. The highest BCUT2D eigenvalue weighted by atomic mass is 15.0. The fraction of sp³-hybridized carbons (Fsp3) is 0.692. The van der Waals surface area contributed by atoms with E-state index >= 15 is 0 Å². The Labute approximate surface area is 91.7 Å². The second-order valence-corrected chi connectivity index (χ2v) is 5.11. The smallest absolute Gasteiger partial charge is 0.0455 e. The molecule has 1 saturated heterocycles. The van der Waals surface area contributed by atoms with E-state index in [2.05, 4.69) is 28.3 Å². The van der Waals surface area contributed by atoms with Crippen LogP contribution in [-0.2, 0) is 6.42 Å². The van der Waals surface area contributed by atoms with Crippen LogP contribution in [0.25, 0.3) is 0 Å². The van der Waals surface area contributed by atoms with Crippen molar-refractivity contribution >= 4 is 0 Å². The zero-order valence-corrected chi connectivity index (χ0v) is 9.28. The molecule has 82 valence electrons. The molecule has 2 fully saturated rings. The molecular formula is C13H20N2. The number of nitrogens with one attached hydrogen (secondary N) is 1. The summed E-state index contributed by atoms with van der Waals surface area (Å²) in [5.74, 6) is 1.00. The SMILES string of the molecule is c1cn([C@@H]2CCCNC2)cc1CC1CC1. The summed E-state index contributed by atoms with van der Waals surface area (Å²) < 4.78 is 2.42. The fourth-order valence-corrected chi connectivity index (χ4v) is 2.55. The van der Waals surface area contributed by atoms with Gasteiger partial charge in [-0.3, -0.25) is 0 Å². The first-order valence-corrected chi connectivity index (χ1v) is 6.29. The van der Waals surface area contributed by atoms with Crippen LogP contribution in [-0.4, -0.2) is 17.7 Å². The van der Waals surface area contributed by atoms with E-state index in [0.29, 0.717) is 6.04 Å². The van der Waals surface area contributed by atoms with Crippen LogP contribution in [0.1, 0.15) is 37.3 Å². The number of hydrogen-bond donors (Lipinski definition) is 1. The highest BCUT2D eigenvalue weighted by Crippen LogP contribution is 2.33. The molecule has 0 bridgehead atoms. The Morgan fingerprint density at radius 3 is 3.00 bits per heavy atom. The van der Waals surface area contributed by atoms with E-state index in [9.17, 15) is 0 Å². The van der Waals surface area contributed by atoms with Crippen molar-refractivity contribution in [3.63, 3.8) is 0 Å². The summed E-state index contributed by atoms with van der Waals surface area (Å²) in [6.07, 6.45) is 11.5. The minimum absolute atomic E-state index is 0.701. The van der Waals surface area contributed by atoms with Crippen LogP contribution in [0.4, 0.5) is 0 Å². The van der Waals surface area contributed by atoms with Gasteiger partial charge in [-0.1, -0.05) is 0 Å². The first-order valence-electron chi connectivity index (χ1n) is 6.29. The van der Waals surface area contributed by atoms with Crippen LogP contribution in [0, 0.1) is 5.92 Å². The van der Waals surface area contributed by atoms with Gasteiger partial charge in [-0.25, -0.2) is 0 Å². The van der Waals surface area contributed by atoms with Crippen molar-refractivity contribution in [1.82, 2.24) is 9.88 Å². The predicted molar refractivity (Wildman–Crippen MR) is 62.0 cm³/mol. The van der Waals surface area contributed by atoms with Gasteiger partial charge in [-0.2, -0.15) is 0 Å². The van der Waals surface area contributed by atoms with E-state index in [0.717, 1.165) is 12.5 Å². The minimum Gasteiger partial charge on any atom is -0.350 e. The van der Waals surface area contributed by atoms with E-state index in [1.54, 1.807) is 5.56 Å². The summed E-state index contributed by atoms with van der Waals surface area (Å²) >= 11 is 0. The van der Waals surface area contributed by atoms with Gasteiger partial charge < -0.3 is 9.88 Å². The third kappa shape index (κ3) is 2.25. The monoisotopic (exact) mass is 204 g/mol. The second-order valence-electron chi connectivity index (χ2n) is 5.11. The Hall–Kier alpha value is -0.760. The zero-order chi connectivity index (χ0) is 10.1. The van der Waals surface area contributed by atoms with Crippen LogP contribution in [0.5, 0.6) is 0 Å². The van der Waals surface area contributed by atoms with Crippen molar-refractivity contribution in [3.8, 4) is 0 Å². The topological polar surface area (TPSA) is 17.0 Å². The van der Waals surface area contributed by atoms with Crippen LogP contribution >= 0.6 is 0 Å². The molecule has 0 spiro atoms. The van der Waals surface area contributed by atoms with Crippen molar-refractivity contribution < 1.29 is 0 Å². The number of rotatable bonds is 3. The van der Waals surface area contributed by atoms with Gasteiger partial charge in [0.2, 0.25) is 0 Å². The molecule has 0 amide bonds. The number of nitrogens with zero attached hydrogens (tertiary/aromatic N) is 1. The molecule has 1 saturated carbocycles. The van der Waals surface area contributed by atoms with Crippen LogP contribution < -0.4 is 5.32 Å². The first-order chi connectivity index (χ1) is 7.42. The summed E-state index contributed by atoms with van der Waals surface area (Å²) in [6, 6.07) is 3.01. The van der Waals surface area contributed by atoms with Crippen molar-refractivity contribution in [2.75, 3.05) is 13.1 Å². The molecule has 0 radical (unpaired) electrons. The Morgan fingerprint density at radius 1 is 1.33 bits per heavy atom. The van der Waals surface area contributed by atoms with Gasteiger partial charge in [-0.15, -0.1) is 0 Å². The Morgan fingerprint density at radius 2 is 2.27 bits per heavy atom. The quantitative estimate of drug-likeness (QED) is 0.800. The Bertz CT molecular complexity index is 319. The lowest BCUT2D eigenvalue weighted by atomic mass is 10.1. The Kier molecular flexibility index (Phi) is 2.53. The second kappa shape index (κ2) is 4.01. The van der Waals surface area contributed by atoms with Gasteiger partial charge in [0.1, 0.15) is 0 Å². The van der Waals surface area contributed by atoms with Crippen molar-refractivity contribution in [2.24, 2.45) is 5.92 Å². The maximum absolute atomic E-state index is 3.47. The molecular weight excluding hydrogens is 184 g/mol. The average Bonchev–Trinajstić information content (AvgIpc) is 2.96. The molecule has 2 aliphatic rings. The van der Waals surface area contributed by atoms with E-state index in [1.807, 2.05) is 0 Å². The van der Waals surface area contributed by atoms with Gasteiger partial charge in [-0.05, 0) is 56.2 Å². The number of hydrogen-bond acceptors (Lipinski definition) is 1. The minimum atomic E-state index is 0.701. The van der Waals surface area contributed by atoms with Crippen LogP contribution in [0.3, 0.4) is 0 Å². The molecule has 1 aliphatic carbocycles. The zero-order valence-electron chi connectivity index (χ0n) is 9.28. The standard InChI is InChI=1S/C13H20N2/c1-2-13(9-14-6-1)15-7-5-12(10-15)8-11-3-4-11/h5,7,10-11,13-14H,1-4,6,8-9H2/t13-/m1/s1. The predicted octanol–water partition coefficient (Wildman–Crippen LogP) is 2.37. The summed E-state index contributed by atoms with van der Waals surface area (Å²) in [4.78, 5) is 0. The molecule has 15 heavy (non-hydrogen) atoms. The van der Waals surface area contributed by atoms with Crippen molar-refractivity contribution in [1.29, 1.82) is 0 Å².